The molecule has 0 unspecified atom stereocenters. The minimum Gasteiger partial charge on any atom is -0.355 e. The maximum atomic E-state index is 6.19. The highest BCUT2D eigenvalue weighted by Crippen LogP contribution is 2.33. The maximum absolute atomic E-state index is 6.19. The molecular formula is C17H20Cl2N4S. The summed E-state index contributed by atoms with van der Waals surface area (Å²) in [7, 11) is 0. The van der Waals surface area contributed by atoms with Gasteiger partial charge in [0.15, 0.2) is 0 Å². The molecule has 2 heterocycles. The molecule has 0 bridgehead atoms. The Labute approximate surface area is 156 Å². The second kappa shape index (κ2) is 7.08. The maximum Gasteiger partial charge on any atom is 0.147 e. The standard InChI is InChI=1S/C17H20Cl2N4S/c1-11-16(24-12-3-4-13(18)14(19)9-12)21-10-15(22-11)23-7-5-17(2,20)6-8-23/h3-4,9-10H,5-8,20H2,1-2H3. The molecule has 0 radical (unpaired) electrons. The molecule has 0 aliphatic carbocycles. The van der Waals surface area contributed by atoms with Crippen LogP contribution in [0.25, 0.3) is 0 Å². The highest BCUT2D eigenvalue weighted by Gasteiger charge is 2.26. The Morgan fingerprint density at radius 3 is 2.54 bits per heavy atom. The normalized spacial score (nSPS) is 17.1. The average Bonchev–Trinajstić information content (AvgIpc) is 2.53. The molecule has 1 fully saturated rings. The van der Waals surface area contributed by atoms with Crippen LogP contribution in [0.3, 0.4) is 0 Å². The summed E-state index contributed by atoms with van der Waals surface area (Å²) >= 11 is 13.6. The van der Waals surface area contributed by atoms with Crippen LogP contribution in [0.1, 0.15) is 25.5 Å². The van der Waals surface area contributed by atoms with Crippen LogP contribution in [0, 0.1) is 6.92 Å². The Kier molecular flexibility index (Phi) is 5.25. The van der Waals surface area contributed by atoms with E-state index < -0.39 is 0 Å². The van der Waals surface area contributed by atoms with E-state index >= 15 is 0 Å². The van der Waals surface area contributed by atoms with Gasteiger partial charge < -0.3 is 10.6 Å². The summed E-state index contributed by atoms with van der Waals surface area (Å²) in [5.41, 5.74) is 7.03. The molecule has 0 saturated carbocycles. The quantitative estimate of drug-likeness (QED) is 0.842. The van der Waals surface area contributed by atoms with Gasteiger partial charge in [0, 0.05) is 23.5 Å². The number of piperidine rings is 1. The molecule has 1 saturated heterocycles. The monoisotopic (exact) mass is 382 g/mol. The molecule has 4 nitrogen and oxygen atoms in total. The number of hydrogen-bond acceptors (Lipinski definition) is 5. The molecule has 2 aromatic rings. The summed E-state index contributed by atoms with van der Waals surface area (Å²) in [5, 5.41) is 1.97. The predicted molar refractivity (Wildman–Crippen MR) is 101 cm³/mol. The van der Waals surface area contributed by atoms with E-state index in [0.717, 1.165) is 47.4 Å². The third-order valence-corrected chi connectivity index (χ3v) is 6.05. The van der Waals surface area contributed by atoms with Gasteiger partial charge in [-0.3, -0.25) is 0 Å². The number of nitrogens with two attached hydrogens (primary N) is 1. The van der Waals surface area contributed by atoms with Crippen LogP contribution in [-0.2, 0) is 0 Å². The number of rotatable bonds is 3. The van der Waals surface area contributed by atoms with Gasteiger partial charge in [0.05, 0.1) is 21.9 Å². The van der Waals surface area contributed by atoms with Gasteiger partial charge in [-0.05, 0) is 44.9 Å². The molecule has 2 N–H and O–H groups in total. The number of nitrogens with zero attached hydrogens (tertiary/aromatic N) is 3. The summed E-state index contributed by atoms with van der Waals surface area (Å²) in [6.45, 7) is 5.92. The zero-order valence-electron chi connectivity index (χ0n) is 13.7. The number of halogens is 2. The van der Waals surface area contributed by atoms with Crippen LogP contribution in [0.5, 0.6) is 0 Å². The molecule has 24 heavy (non-hydrogen) atoms. The number of aryl methyl sites for hydroxylation is 1. The van der Waals surface area contributed by atoms with E-state index in [9.17, 15) is 0 Å². The van der Waals surface area contributed by atoms with Gasteiger partial charge in [-0.2, -0.15) is 0 Å². The summed E-state index contributed by atoms with van der Waals surface area (Å²) < 4.78 is 0. The van der Waals surface area contributed by atoms with E-state index in [1.807, 2.05) is 25.3 Å². The number of anilines is 1. The van der Waals surface area contributed by atoms with Gasteiger partial charge in [-0.1, -0.05) is 35.0 Å². The summed E-state index contributed by atoms with van der Waals surface area (Å²) in [6, 6.07) is 5.57. The minimum atomic E-state index is -0.0668. The molecule has 0 spiro atoms. The Morgan fingerprint density at radius 1 is 1.21 bits per heavy atom. The zero-order chi connectivity index (χ0) is 17.3. The van der Waals surface area contributed by atoms with Crippen LogP contribution in [-0.4, -0.2) is 28.6 Å². The minimum absolute atomic E-state index is 0.0668. The Bertz CT molecular complexity index is 741. The van der Waals surface area contributed by atoms with Crippen molar-refractivity contribution in [2.75, 3.05) is 18.0 Å². The SMILES string of the molecule is Cc1nc(N2CCC(C)(N)CC2)cnc1Sc1ccc(Cl)c(Cl)c1. The molecule has 0 amide bonds. The van der Waals surface area contributed by atoms with Gasteiger partial charge in [0.25, 0.3) is 0 Å². The van der Waals surface area contributed by atoms with Crippen LogP contribution >= 0.6 is 35.0 Å². The molecule has 1 aromatic heterocycles. The predicted octanol–water partition coefficient (Wildman–Crippen LogP) is 4.56. The lowest BCUT2D eigenvalue weighted by Gasteiger charge is -2.37. The molecule has 0 atom stereocenters. The highest BCUT2D eigenvalue weighted by atomic mass is 35.5. The fourth-order valence-corrected chi connectivity index (χ4v) is 3.81. The lowest BCUT2D eigenvalue weighted by Crippen LogP contribution is -2.48. The van der Waals surface area contributed by atoms with E-state index in [4.69, 9.17) is 33.9 Å². The smallest absolute Gasteiger partial charge is 0.147 e. The Balaban J connectivity index is 1.74. The average molecular weight is 383 g/mol. The molecule has 7 heteroatoms. The van der Waals surface area contributed by atoms with E-state index in [2.05, 4.69) is 16.8 Å². The lowest BCUT2D eigenvalue weighted by molar-refractivity contribution is 0.363. The van der Waals surface area contributed by atoms with Crippen LogP contribution in [0.4, 0.5) is 5.82 Å². The van der Waals surface area contributed by atoms with E-state index in [-0.39, 0.29) is 5.54 Å². The molecule has 1 aliphatic heterocycles. The second-order valence-corrected chi connectivity index (χ2v) is 8.31. The van der Waals surface area contributed by atoms with Crippen molar-refractivity contribution in [1.82, 2.24) is 9.97 Å². The first-order valence-corrected chi connectivity index (χ1v) is 9.42. The van der Waals surface area contributed by atoms with Crippen LogP contribution < -0.4 is 10.6 Å². The van der Waals surface area contributed by atoms with Crippen LogP contribution in [0.15, 0.2) is 34.3 Å². The second-order valence-electron chi connectivity index (χ2n) is 6.44. The topological polar surface area (TPSA) is 55.0 Å². The molecule has 128 valence electrons. The van der Waals surface area contributed by atoms with Crippen molar-refractivity contribution in [3.63, 3.8) is 0 Å². The zero-order valence-corrected chi connectivity index (χ0v) is 16.0. The van der Waals surface area contributed by atoms with Crippen molar-refractivity contribution in [3.05, 3.63) is 40.1 Å². The number of hydrogen-bond donors (Lipinski definition) is 1. The first-order valence-electron chi connectivity index (χ1n) is 7.84. The highest BCUT2D eigenvalue weighted by molar-refractivity contribution is 7.99. The van der Waals surface area contributed by atoms with Gasteiger partial charge in [0.1, 0.15) is 10.8 Å². The first kappa shape index (κ1) is 17.8. The van der Waals surface area contributed by atoms with Gasteiger partial charge >= 0.3 is 0 Å². The van der Waals surface area contributed by atoms with Crippen molar-refractivity contribution in [2.45, 2.75) is 42.1 Å². The van der Waals surface area contributed by atoms with E-state index in [0.29, 0.717) is 10.0 Å². The van der Waals surface area contributed by atoms with Crippen LogP contribution in [0.2, 0.25) is 10.0 Å². The third kappa shape index (κ3) is 4.14. The van der Waals surface area contributed by atoms with Crippen molar-refractivity contribution in [1.29, 1.82) is 0 Å². The Morgan fingerprint density at radius 2 is 1.92 bits per heavy atom. The lowest BCUT2D eigenvalue weighted by atomic mass is 9.91. The van der Waals surface area contributed by atoms with E-state index in [1.54, 1.807) is 6.07 Å². The summed E-state index contributed by atoms with van der Waals surface area (Å²) in [6.07, 6.45) is 3.77. The molecule has 3 rings (SSSR count). The van der Waals surface area contributed by atoms with Gasteiger partial charge in [-0.25, -0.2) is 9.97 Å². The fraction of sp³-hybridized carbons (Fsp3) is 0.412. The molecular weight excluding hydrogens is 363 g/mol. The van der Waals surface area contributed by atoms with E-state index in [1.165, 1.54) is 11.8 Å². The summed E-state index contributed by atoms with van der Waals surface area (Å²) in [5.74, 6) is 0.918. The number of aromatic nitrogens is 2. The van der Waals surface area contributed by atoms with Crippen molar-refractivity contribution < 1.29 is 0 Å². The molecule has 1 aliphatic rings. The summed E-state index contributed by atoms with van der Waals surface area (Å²) in [4.78, 5) is 12.6. The van der Waals surface area contributed by atoms with Crippen molar-refractivity contribution in [3.8, 4) is 0 Å². The van der Waals surface area contributed by atoms with Crippen molar-refractivity contribution in [2.24, 2.45) is 5.73 Å². The first-order chi connectivity index (χ1) is 11.3. The molecule has 1 aromatic carbocycles. The van der Waals surface area contributed by atoms with Gasteiger partial charge in [0.2, 0.25) is 0 Å². The van der Waals surface area contributed by atoms with Crippen molar-refractivity contribution >= 4 is 40.8 Å². The van der Waals surface area contributed by atoms with Gasteiger partial charge in [-0.15, -0.1) is 0 Å². The fourth-order valence-electron chi connectivity index (χ4n) is 2.61. The third-order valence-electron chi connectivity index (χ3n) is 4.22. The largest absolute Gasteiger partial charge is 0.355 e. The number of benzene rings is 1. The Hall–Kier alpha value is -1.01.